The average Bonchev–Trinajstić information content (AvgIpc) is 2.84. The molecule has 218 valence electrons. The van der Waals surface area contributed by atoms with Crippen LogP contribution in [0.3, 0.4) is 0 Å². The summed E-state index contributed by atoms with van der Waals surface area (Å²) >= 11 is 0. The first kappa shape index (κ1) is 32.1. The third-order valence-corrected chi connectivity index (χ3v) is 6.52. The first-order valence-electron chi connectivity index (χ1n) is 13.3. The van der Waals surface area contributed by atoms with Crippen LogP contribution >= 0.6 is 0 Å². The van der Waals surface area contributed by atoms with Gasteiger partial charge >= 0.3 is 6.09 Å². The van der Waals surface area contributed by atoms with Crippen LogP contribution in [-0.4, -0.2) is 51.0 Å². The number of hydrogen-bond donors (Lipinski definition) is 4. The highest BCUT2D eigenvalue weighted by atomic mass is 16.6. The van der Waals surface area contributed by atoms with Crippen LogP contribution < -0.4 is 16.4 Å². The number of anilines is 1. The van der Waals surface area contributed by atoms with Gasteiger partial charge in [0.15, 0.2) is 0 Å². The molecule has 0 aromatic heterocycles. The van der Waals surface area contributed by atoms with Crippen molar-refractivity contribution in [2.75, 3.05) is 5.32 Å². The molecule has 0 bridgehead atoms. The zero-order chi connectivity index (χ0) is 30.3. The number of phenolic OH excluding ortho intramolecular Hbond substituents is 1. The Morgan fingerprint density at radius 2 is 1.68 bits per heavy atom. The van der Waals surface area contributed by atoms with Gasteiger partial charge in [0.2, 0.25) is 11.8 Å². The summed E-state index contributed by atoms with van der Waals surface area (Å²) < 4.78 is 5.37. The summed E-state index contributed by atoms with van der Waals surface area (Å²) in [6, 6.07) is 10.9. The van der Waals surface area contributed by atoms with Gasteiger partial charge in [-0.15, -0.1) is 0 Å². The number of nitrogens with zero attached hydrogens (tertiary/aromatic N) is 1. The summed E-state index contributed by atoms with van der Waals surface area (Å²) in [5.74, 6) is -1.84. The molecule has 0 saturated carbocycles. The third kappa shape index (κ3) is 9.00. The summed E-state index contributed by atoms with van der Waals surface area (Å²) in [5.41, 5.74) is 5.40. The number of carbonyl (C=O) groups is 4. The average molecular weight is 555 g/mol. The van der Waals surface area contributed by atoms with E-state index in [9.17, 15) is 24.3 Å². The van der Waals surface area contributed by atoms with E-state index < -0.39 is 47.0 Å². The number of nitrogens with two attached hydrogens (primary N) is 1. The number of aromatic hydroxyl groups is 1. The maximum Gasteiger partial charge on any atom is 0.408 e. The van der Waals surface area contributed by atoms with Crippen molar-refractivity contribution in [1.29, 1.82) is 0 Å². The second kappa shape index (κ2) is 13.3. The summed E-state index contributed by atoms with van der Waals surface area (Å²) in [6.45, 7) is 12.4. The maximum absolute atomic E-state index is 14.3. The fourth-order valence-electron chi connectivity index (χ4n) is 4.13. The normalized spacial score (nSPS) is 13.1. The summed E-state index contributed by atoms with van der Waals surface area (Å²) in [7, 11) is 0. The number of carbonyl (C=O) groups excluding carboxylic acids is 4. The monoisotopic (exact) mass is 554 g/mol. The molecule has 2 atom stereocenters. The second-order valence-electron chi connectivity index (χ2n) is 11.4. The molecule has 40 heavy (non-hydrogen) atoms. The van der Waals surface area contributed by atoms with E-state index in [1.54, 1.807) is 58.9 Å². The van der Waals surface area contributed by atoms with Gasteiger partial charge in [-0.05, 0) is 83.7 Å². The van der Waals surface area contributed by atoms with Crippen molar-refractivity contribution in [3.63, 3.8) is 0 Å². The zero-order valence-corrected chi connectivity index (χ0v) is 24.4. The number of primary amides is 1. The van der Waals surface area contributed by atoms with Gasteiger partial charge in [0.1, 0.15) is 23.4 Å². The lowest BCUT2D eigenvalue weighted by Crippen LogP contribution is -2.59. The molecule has 2 unspecified atom stereocenters. The predicted molar refractivity (Wildman–Crippen MR) is 153 cm³/mol. The first-order chi connectivity index (χ1) is 18.6. The molecule has 0 spiro atoms. The molecule has 2 aromatic carbocycles. The maximum atomic E-state index is 14.3. The number of nitrogens with one attached hydrogen (secondary N) is 2. The molecular formula is C30H42N4O6. The van der Waals surface area contributed by atoms with E-state index in [1.165, 1.54) is 17.0 Å². The van der Waals surface area contributed by atoms with E-state index in [0.29, 0.717) is 17.7 Å². The summed E-state index contributed by atoms with van der Waals surface area (Å²) in [4.78, 5) is 54.1. The molecule has 4 amide bonds. The predicted octanol–water partition coefficient (Wildman–Crippen LogP) is 4.56. The smallest absolute Gasteiger partial charge is 0.408 e. The number of amides is 4. The van der Waals surface area contributed by atoms with Gasteiger partial charge in [0.05, 0.1) is 0 Å². The second-order valence-corrected chi connectivity index (χ2v) is 11.4. The quantitative estimate of drug-likeness (QED) is 0.320. The lowest BCUT2D eigenvalue weighted by atomic mass is 9.91. The Labute approximate surface area is 236 Å². The highest BCUT2D eigenvalue weighted by molar-refractivity contribution is 5.99. The lowest BCUT2D eigenvalue weighted by molar-refractivity contribution is -0.148. The molecule has 0 radical (unpaired) electrons. The number of phenols is 1. The Balaban J connectivity index is 2.65. The minimum atomic E-state index is -1.22. The number of para-hydroxylation sites is 1. The highest BCUT2D eigenvalue weighted by Crippen LogP contribution is 2.34. The van der Waals surface area contributed by atoms with Gasteiger partial charge in [-0.1, -0.05) is 37.3 Å². The largest absolute Gasteiger partial charge is 0.508 e. The first-order valence-corrected chi connectivity index (χ1v) is 13.3. The van der Waals surface area contributed by atoms with Crippen molar-refractivity contribution in [2.24, 2.45) is 5.73 Å². The fraction of sp³-hybridized carbons (Fsp3) is 0.467. The third-order valence-electron chi connectivity index (χ3n) is 6.52. The lowest BCUT2D eigenvalue weighted by Gasteiger charge is -2.44. The van der Waals surface area contributed by atoms with Crippen molar-refractivity contribution in [1.82, 2.24) is 10.2 Å². The van der Waals surface area contributed by atoms with Crippen molar-refractivity contribution < 1.29 is 29.0 Å². The summed E-state index contributed by atoms with van der Waals surface area (Å²) in [5, 5.41) is 15.8. The van der Waals surface area contributed by atoms with E-state index in [4.69, 9.17) is 10.5 Å². The Morgan fingerprint density at radius 1 is 1.02 bits per heavy atom. The molecule has 0 heterocycles. The Kier molecular flexibility index (Phi) is 10.7. The van der Waals surface area contributed by atoms with Crippen LogP contribution in [0.25, 0.3) is 0 Å². The minimum absolute atomic E-state index is 0.0787. The standard InChI is InChI=1S/C30H42N4O6/c1-8-30(6,7)34(27(38)23(16-17-24(31)36)33-28(39)40-29(3,4)5)25(20-13-11-14-21(35)18-20)26(37)32-22-15-10-9-12-19(22)2/h9-15,18,23,25,35H,8,16-17H2,1-7H3,(H2,31,36)(H,32,37)(H,33,39). The van der Waals surface area contributed by atoms with Crippen molar-refractivity contribution in [2.45, 2.75) is 91.0 Å². The molecule has 2 aromatic rings. The Hall–Kier alpha value is -4.08. The molecule has 0 aliphatic carbocycles. The Morgan fingerprint density at radius 3 is 2.23 bits per heavy atom. The number of ether oxygens (including phenoxy) is 1. The highest BCUT2D eigenvalue weighted by Gasteiger charge is 2.43. The van der Waals surface area contributed by atoms with Crippen LogP contribution in [0.5, 0.6) is 5.75 Å². The van der Waals surface area contributed by atoms with E-state index in [2.05, 4.69) is 10.6 Å². The van der Waals surface area contributed by atoms with Crippen LogP contribution in [0.1, 0.15) is 78.0 Å². The van der Waals surface area contributed by atoms with Crippen LogP contribution in [0.4, 0.5) is 10.5 Å². The van der Waals surface area contributed by atoms with Gasteiger partial charge < -0.3 is 31.1 Å². The molecule has 0 saturated heterocycles. The van der Waals surface area contributed by atoms with Gasteiger partial charge in [-0.2, -0.15) is 0 Å². The number of rotatable bonds is 11. The van der Waals surface area contributed by atoms with Crippen LogP contribution in [0, 0.1) is 6.92 Å². The van der Waals surface area contributed by atoms with Crippen molar-refractivity contribution >= 4 is 29.5 Å². The van der Waals surface area contributed by atoms with Crippen LogP contribution in [-0.2, 0) is 19.1 Å². The topological polar surface area (TPSA) is 151 Å². The van der Waals surface area contributed by atoms with E-state index in [1.807, 2.05) is 26.0 Å². The number of alkyl carbamates (subject to hydrolysis) is 1. The fourth-order valence-corrected chi connectivity index (χ4v) is 4.13. The van der Waals surface area contributed by atoms with Gasteiger partial charge in [-0.25, -0.2) is 4.79 Å². The number of hydrogen-bond acceptors (Lipinski definition) is 6. The zero-order valence-electron chi connectivity index (χ0n) is 24.4. The van der Waals surface area contributed by atoms with E-state index >= 15 is 0 Å². The molecule has 2 rings (SSSR count). The molecule has 0 fully saturated rings. The Bertz CT molecular complexity index is 1220. The molecule has 10 nitrogen and oxygen atoms in total. The van der Waals surface area contributed by atoms with Gasteiger partial charge in [-0.3, -0.25) is 14.4 Å². The molecular weight excluding hydrogens is 512 g/mol. The van der Waals surface area contributed by atoms with E-state index in [0.717, 1.165) is 5.56 Å². The van der Waals surface area contributed by atoms with Gasteiger partial charge in [0.25, 0.3) is 5.91 Å². The van der Waals surface area contributed by atoms with Crippen LogP contribution in [0.15, 0.2) is 48.5 Å². The molecule has 0 aliphatic rings. The minimum Gasteiger partial charge on any atom is -0.508 e. The van der Waals surface area contributed by atoms with Crippen molar-refractivity contribution in [3.8, 4) is 5.75 Å². The molecule has 10 heteroatoms. The molecule has 5 N–H and O–H groups in total. The van der Waals surface area contributed by atoms with E-state index in [-0.39, 0.29) is 18.6 Å². The van der Waals surface area contributed by atoms with Gasteiger partial charge in [0, 0.05) is 17.6 Å². The van der Waals surface area contributed by atoms with Crippen molar-refractivity contribution in [3.05, 3.63) is 59.7 Å². The number of aryl methyl sites for hydroxylation is 1. The summed E-state index contributed by atoms with van der Waals surface area (Å²) in [6.07, 6.45) is -0.683. The number of benzene rings is 2. The SMILES string of the molecule is CCC(C)(C)N(C(=O)C(CCC(N)=O)NC(=O)OC(C)(C)C)C(C(=O)Nc1ccccc1C)c1cccc(O)c1. The van der Waals surface area contributed by atoms with Crippen LogP contribution in [0.2, 0.25) is 0 Å². The molecule has 0 aliphatic heterocycles.